The molecule has 1 rings (SSSR count). The fourth-order valence-corrected chi connectivity index (χ4v) is 1.29. The number of nitrogens with one attached hydrogen (secondary N) is 2. The summed E-state index contributed by atoms with van der Waals surface area (Å²) in [7, 11) is 3.50. The second kappa shape index (κ2) is 7.75. The van der Waals surface area contributed by atoms with E-state index >= 15 is 0 Å². The lowest BCUT2D eigenvalue weighted by Crippen LogP contribution is -2.36. The lowest BCUT2D eigenvalue weighted by molar-refractivity contribution is -0.120. The highest BCUT2D eigenvalue weighted by atomic mass is 16.5. The number of rotatable bonds is 8. The minimum Gasteiger partial charge on any atom is -0.383 e. The zero-order chi connectivity index (χ0) is 12.5. The van der Waals surface area contributed by atoms with Crippen LogP contribution in [0.25, 0.3) is 0 Å². The maximum atomic E-state index is 11.3. The SMILES string of the molecule is COCCNC(=O)CNCCc1nncn1C. The van der Waals surface area contributed by atoms with Crippen LogP contribution in [0.2, 0.25) is 0 Å². The molecule has 2 N–H and O–H groups in total. The quantitative estimate of drug-likeness (QED) is 0.553. The fraction of sp³-hybridized carbons (Fsp3) is 0.700. The van der Waals surface area contributed by atoms with Gasteiger partial charge in [-0.15, -0.1) is 10.2 Å². The number of aromatic nitrogens is 3. The molecule has 0 atom stereocenters. The van der Waals surface area contributed by atoms with E-state index in [-0.39, 0.29) is 5.91 Å². The van der Waals surface area contributed by atoms with Crippen molar-refractivity contribution in [2.24, 2.45) is 7.05 Å². The molecule has 0 saturated carbocycles. The highest BCUT2D eigenvalue weighted by molar-refractivity contribution is 5.77. The Kier molecular flexibility index (Phi) is 6.19. The van der Waals surface area contributed by atoms with Gasteiger partial charge in [-0.1, -0.05) is 0 Å². The first-order chi connectivity index (χ1) is 8.24. The van der Waals surface area contributed by atoms with Gasteiger partial charge >= 0.3 is 0 Å². The first kappa shape index (κ1) is 13.6. The van der Waals surface area contributed by atoms with Crippen LogP contribution in [0.3, 0.4) is 0 Å². The summed E-state index contributed by atoms with van der Waals surface area (Å²) in [5, 5.41) is 13.5. The van der Waals surface area contributed by atoms with Crippen molar-refractivity contribution in [3.63, 3.8) is 0 Å². The van der Waals surface area contributed by atoms with E-state index in [1.807, 2.05) is 11.6 Å². The van der Waals surface area contributed by atoms with E-state index in [9.17, 15) is 4.79 Å². The third kappa shape index (κ3) is 5.41. The molecule has 7 heteroatoms. The molecule has 7 nitrogen and oxygen atoms in total. The number of hydrogen-bond donors (Lipinski definition) is 2. The minimum atomic E-state index is -0.0278. The van der Waals surface area contributed by atoms with E-state index in [0.29, 0.717) is 26.2 Å². The van der Waals surface area contributed by atoms with Gasteiger partial charge in [-0.05, 0) is 0 Å². The second-order valence-corrected chi connectivity index (χ2v) is 3.63. The Hall–Kier alpha value is -1.47. The Morgan fingerprint density at radius 1 is 1.53 bits per heavy atom. The molecule has 1 aromatic rings. The zero-order valence-electron chi connectivity index (χ0n) is 10.3. The molecule has 0 aliphatic heterocycles. The predicted octanol–water partition coefficient (Wildman–Crippen LogP) is -1.29. The Bertz CT molecular complexity index is 339. The van der Waals surface area contributed by atoms with Crippen LogP contribution in [0, 0.1) is 0 Å². The van der Waals surface area contributed by atoms with Crippen LogP contribution in [0.5, 0.6) is 0 Å². The molecule has 0 bridgehead atoms. The molecule has 1 amide bonds. The monoisotopic (exact) mass is 241 g/mol. The molecule has 0 radical (unpaired) electrons. The van der Waals surface area contributed by atoms with Gasteiger partial charge in [0.05, 0.1) is 13.2 Å². The molecule has 0 spiro atoms. The van der Waals surface area contributed by atoms with Crippen molar-refractivity contribution in [3.05, 3.63) is 12.2 Å². The molecule has 1 aromatic heterocycles. The van der Waals surface area contributed by atoms with Gasteiger partial charge in [0.2, 0.25) is 5.91 Å². The average molecular weight is 241 g/mol. The third-order valence-electron chi connectivity index (χ3n) is 2.24. The van der Waals surface area contributed by atoms with Crippen LogP contribution in [-0.2, 0) is 23.0 Å². The minimum absolute atomic E-state index is 0.0278. The van der Waals surface area contributed by atoms with Gasteiger partial charge in [0.1, 0.15) is 12.2 Å². The number of carbonyl (C=O) groups excluding carboxylic acids is 1. The maximum Gasteiger partial charge on any atom is 0.234 e. The number of amides is 1. The number of aryl methyl sites for hydroxylation is 1. The van der Waals surface area contributed by atoms with Gasteiger partial charge in [-0.2, -0.15) is 0 Å². The molecular weight excluding hydrogens is 222 g/mol. The van der Waals surface area contributed by atoms with Crippen LogP contribution in [0.4, 0.5) is 0 Å². The van der Waals surface area contributed by atoms with E-state index in [4.69, 9.17) is 4.74 Å². The Morgan fingerprint density at radius 2 is 2.35 bits per heavy atom. The van der Waals surface area contributed by atoms with Gasteiger partial charge in [-0.3, -0.25) is 4.79 Å². The van der Waals surface area contributed by atoms with Crippen molar-refractivity contribution in [2.75, 3.05) is 33.4 Å². The van der Waals surface area contributed by atoms with Crippen molar-refractivity contribution >= 4 is 5.91 Å². The number of carbonyl (C=O) groups is 1. The van der Waals surface area contributed by atoms with Crippen molar-refractivity contribution in [2.45, 2.75) is 6.42 Å². The van der Waals surface area contributed by atoms with Crippen LogP contribution in [0.15, 0.2) is 6.33 Å². The highest BCUT2D eigenvalue weighted by Gasteiger charge is 2.02. The largest absolute Gasteiger partial charge is 0.383 e. The fourth-order valence-electron chi connectivity index (χ4n) is 1.29. The van der Waals surface area contributed by atoms with Gasteiger partial charge in [0, 0.05) is 33.7 Å². The molecule has 0 aromatic carbocycles. The van der Waals surface area contributed by atoms with Crippen molar-refractivity contribution in [3.8, 4) is 0 Å². The normalized spacial score (nSPS) is 10.5. The standard InChI is InChI=1S/C10H19N5O2/c1-15-8-13-14-9(15)3-4-11-7-10(16)12-5-6-17-2/h8,11H,3-7H2,1-2H3,(H,12,16). The van der Waals surface area contributed by atoms with E-state index in [2.05, 4.69) is 20.8 Å². The van der Waals surface area contributed by atoms with E-state index in [0.717, 1.165) is 12.2 Å². The molecule has 0 saturated heterocycles. The van der Waals surface area contributed by atoms with Crippen LogP contribution < -0.4 is 10.6 Å². The molecule has 0 unspecified atom stereocenters. The first-order valence-electron chi connectivity index (χ1n) is 5.53. The van der Waals surface area contributed by atoms with E-state index in [1.54, 1.807) is 13.4 Å². The summed E-state index contributed by atoms with van der Waals surface area (Å²) in [5.41, 5.74) is 0. The summed E-state index contributed by atoms with van der Waals surface area (Å²) in [6.07, 6.45) is 2.41. The predicted molar refractivity (Wildman–Crippen MR) is 62.5 cm³/mol. The summed E-state index contributed by atoms with van der Waals surface area (Å²) in [6.45, 7) is 2.08. The first-order valence-corrected chi connectivity index (χ1v) is 5.53. The topological polar surface area (TPSA) is 81.1 Å². The summed E-state index contributed by atoms with van der Waals surface area (Å²) in [6, 6.07) is 0. The third-order valence-corrected chi connectivity index (χ3v) is 2.24. The lowest BCUT2D eigenvalue weighted by Gasteiger charge is -2.05. The highest BCUT2D eigenvalue weighted by Crippen LogP contribution is 1.90. The Balaban J connectivity index is 2.04. The van der Waals surface area contributed by atoms with Crippen LogP contribution in [-0.4, -0.2) is 54.0 Å². The molecule has 0 fully saturated rings. The molecule has 96 valence electrons. The van der Waals surface area contributed by atoms with Gasteiger partial charge in [0.25, 0.3) is 0 Å². The summed E-state index contributed by atoms with van der Waals surface area (Å²) in [5.74, 6) is 0.873. The zero-order valence-corrected chi connectivity index (χ0v) is 10.3. The number of nitrogens with zero attached hydrogens (tertiary/aromatic N) is 3. The number of methoxy groups -OCH3 is 1. The maximum absolute atomic E-state index is 11.3. The van der Waals surface area contributed by atoms with Crippen molar-refractivity contribution in [1.82, 2.24) is 25.4 Å². The molecule has 0 aliphatic carbocycles. The second-order valence-electron chi connectivity index (χ2n) is 3.63. The van der Waals surface area contributed by atoms with Crippen LogP contribution >= 0.6 is 0 Å². The van der Waals surface area contributed by atoms with Gasteiger partial charge < -0.3 is 19.9 Å². The molecular formula is C10H19N5O2. The van der Waals surface area contributed by atoms with E-state index < -0.39 is 0 Å². The lowest BCUT2D eigenvalue weighted by atomic mass is 10.4. The Morgan fingerprint density at radius 3 is 3.00 bits per heavy atom. The average Bonchev–Trinajstić information content (AvgIpc) is 2.71. The number of hydrogen-bond acceptors (Lipinski definition) is 5. The van der Waals surface area contributed by atoms with Crippen molar-refractivity contribution in [1.29, 1.82) is 0 Å². The summed E-state index contributed by atoms with van der Waals surface area (Å²) in [4.78, 5) is 11.3. The van der Waals surface area contributed by atoms with E-state index in [1.165, 1.54) is 0 Å². The summed E-state index contributed by atoms with van der Waals surface area (Å²) < 4.78 is 6.69. The van der Waals surface area contributed by atoms with Crippen LogP contribution in [0.1, 0.15) is 5.82 Å². The number of ether oxygens (including phenoxy) is 1. The Labute approximate surface area is 101 Å². The van der Waals surface area contributed by atoms with Gasteiger partial charge in [-0.25, -0.2) is 0 Å². The van der Waals surface area contributed by atoms with Crippen molar-refractivity contribution < 1.29 is 9.53 Å². The summed E-state index contributed by atoms with van der Waals surface area (Å²) >= 11 is 0. The smallest absolute Gasteiger partial charge is 0.234 e. The molecule has 1 heterocycles. The molecule has 0 aliphatic rings. The van der Waals surface area contributed by atoms with Gasteiger partial charge in [0.15, 0.2) is 0 Å². The molecule has 17 heavy (non-hydrogen) atoms.